The van der Waals surface area contributed by atoms with Gasteiger partial charge in [-0.15, -0.1) is 0 Å². The van der Waals surface area contributed by atoms with Crippen molar-refractivity contribution in [1.29, 1.82) is 5.26 Å². The molecular weight excluding hydrogens is 315 g/mol. The van der Waals surface area contributed by atoms with Crippen LogP contribution in [0.25, 0.3) is 0 Å². The number of hydrogen-bond donors (Lipinski definition) is 1. The lowest BCUT2D eigenvalue weighted by atomic mass is 10.1. The van der Waals surface area contributed by atoms with Crippen LogP contribution in [0.4, 0.5) is 10.1 Å². The van der Waals surface area contributed by atoms with Crippen molar-refractivity contribution in [2.24, 2.45) is 0 Å². The zero-order chi connectivity index (χ0) is 15.6. The molecule has 0 atom stereocenters. The van der Waals surface area contributed by atoms with E-state index in [4.69, 9.17) is 22.6 Å². The van der Waals surface area contributed by atoms with E-state index in [1.807, 2.05) is 0 Å². The molecule has 108 valence electrons. The number of halogens is 2. The summed E-state index contributed by atoms with van der Waals surface area (Å²) in [7, 11) is -3.93. The van der Waals surface area contributed by atoms with Crippen molar-refractivity contribution in [2.45, 2.75) is 10.6 Å². The zero-order valence-corrected chi connectivity index (χ0v) is 12.2. The number of nitrogen functional groups attached to an aromatic ring is 1. The second kappa shape index (κ2) is 5.72. The standard InChI is InChI=1S/C14H10ClFN2O2S/c15-11-5-2-6-12(18)14(11)21(19,20)8-10-4-1-3-9(7-17)13(10)16/h1-6H,8,18H2. The lowest BCUT2D eigenvalue weighted by Gasteiger charge is -2.10. The molecule has 0 amide bonds. The molecule has 0 saturated carbocycles. The van der Waals surface area contributed by atoms with Gasteiger partial charge in [-0.1, -0.05) is 29.8 Å². The molecule has 0 bridgehead atoms. The van der Waals surface area contributed by atoms with Crippen LogP contribution in [-0.4, -0.2) is 8.42 Å². The SMILES string of the molecule is N#Cc1cccc(CS(=O)(=O)c2c(N)cccc2Cl)c1F. The minimum absolute atomic E-state index is 0.000606. The molecule has 2 aromatic rings. The van der Waals surface area contributed by atoms with E-state index in [2.05, 4.69) is 0 Å². The maximum absolute atomic E-state index is 14.0. The van der Waals surface area contributed by atoms with Crippen LogP contribution in [0, 0.1) is 17.1 Å². The smallest absolute Gasteiger partial charge is 0.186 e. The fourth-order valence-corrected chi connectivity index (χ4v) is 4.01. The minimum atomic E-state index is -3.93. The molecule has 2 N–H and O–H groups in total. The van der Waals surface area contributed by atoms with Crippen molar-refractivity contribution in [1.82, 2.24) is 0 Å². The van der Waals surface area contributed by atoms with Crippen molar-refractivity contribution >= 4 is 27.1 Å². The molecule has 2 aromatic carbocycles. The van der Waals surface area contributed by atoms with E-state index < -0.39 is 21.4 Å². The molecule has 0 aliphatic carbocycles. The first-order valence-electron chi connectivity index (χ1n) is 5.81. The Kier molecular flexibility index (Phi) is 4.16. The number of nitrogens with two attached hydrogens (primary N) is 1. The van der Waals surface area contributed by atoms with E-state index >= 15 is 0 Å². The number of nitrogens with zero attached hydrogens (tertiary/aromatic N) is 1. The quantitative estimate of drug-likeness (QED) is 0.880. The van der Waals surface area contributed by atoms with E-state index in [1.165, 1.54) is 36.4 Å². The van der Waals surface area contributed by atoms with Gasteiger partial charge >= 0.3 is 0 Å². The largest absolute Gasteiger partial charge is 0.398 e. The molecule has 0 heterocycles. The first-order valence-corrected chi connectivity index (χ1v) is 7.84. The number of benzene rings is 2. The van der Waals surface area contributed by atoms with Gasteiger partial charge in [0.2, 0.25) is 0 Å². The molecule has 0 spiro atoms. The Morgan fingerprint density at radius 3 is 2.52 bits per heavy atom. The van der Waals surface area contributed by atoms with E-state index in [0.717, 1.165) is 0 Å². The van der Waals surface area contributed by atoms with Crippen LogP contribution in [-0.2, 0) is 15.6 Å². The first-order chi connectivity index (χ1) is 9.86. The average molecular weight is 325 g/mol. The van der Waals surface area contributed by atoms with Gasteiger partial charge in [-0.05, 0) is 18.2 Å². The molecule has 0 aromatic heterocycles. The summed E-state index contributed by atoms with van der Waals surface area (Å²) in [5, 5.41) is 8.74. The van der Waals surface area contributed by atoms with Gasteiger partial charge in [-0.25, -0.2) is 12.8 Å². The van der Waals surface area contributed by atoms with Crippen molar-refractivity contribution in [3.8, 4) is 6.07 Å². The predicted molar refractivity (Wildman–Crippen MR) is 77.9 cm³/mol. The molecule has 7 heteroatoms. The number of hydrogen-bond acceptors (Lipinski definition) is 4. The van der Waals surface area contributed by atoms with Gasteiger partial charge in [0.25, 0.3) is 0 Å². The molecule has 21 heavy (non-hydrogen) atoms. The fraction of sp³-hybridized carbons (Fsp3) is 0.0714. The highest BCUT2D eigenvalue weighted by molar-refractivity contribution is 7.91. The molecule has 0 fully saturated rings. The molecular formula is C14H10ClFN2O2S. The van der Waals surface area contributed by atoms with Crippen LogP contribution >= 0.6 is 11.6 Å². The Morgan fingerprint density at radius 1 is 1.24 bits per heavy atom. The maximum atomic E-state index is 14.0. The number of anilines is 1. The van der Waals surface area contributed by atoms with Crippen molar-refractivity contribution in [2.75, 3.05) is 5.73 Å². The van der Waals surface area contributed by atoms with Crippen molar-refractivity contribution in [3.63, 3.8) is 0 Å². The van der Waals surface area contributed by atoms with E-state index in [-0.39, 0.29) is 26.7 Å². The fourth-order valence-electron chi connectivity index (χ4n) is 1.91. The van der Waals surface area contributed by atoms with Crippen LogP contribution < -0.4 is 5.73 Å². The molecule has 2 rings (SSSR count). The minimum Gasteiger partial charge on any atom is -0.398 e. The summed E-state index contributed by atoms with van der Waals surface area (Å²) in [6.07, 6.45) is 0. The summed E-state index contributed by atoms with van der Waals surface area (Å²) >= 11 is 5.87. The summed E-state index contributed by atoms with van der Waals surface area (Å²) in [5.41, 5.74) is 5.33. The van der Waals surface area contributed by atoms with Crippen LogP contribution in [0.3, 0.4) is 0 Å². The van der Waals surface area contributed by atoms with Crippen LogP contribution in [0.2, 0.25) is 5.02 Å². The molecule has 4 nitrogen and oxygen atoms in total. The van der Waals surface area contributed by atoms with Crippen molar-refractivity contribution < 1.29 is 12.8 Å². The highest BCUT2D eigenvalue weighted by atomic mass is 35.5. The van der Waals surface area contributed by atoms with E-state index in [0.29, 0.717) is 0 Å². The van der Waals surface area contributed by atoms with Gasteiger partial charge in [0, 0.05) is 5.56 Å². The van der Waals surface area contributed by atoms with Gasteiger partial charge in [0.1, 0.15) is 16.8 Å². The normalized spacial score (nSPS) is 11.1. The molecule has 0 aliphatic heterocycles. The van der Waals surface area contributed by atoms with Crippen LogP contribution in [0.1, 0.15) is 11.1 Å². The van der Waals surface area contributed by atoms with Crippen molar-refractivity contribution in [3.05, 3.63) is 58.4 Å². The van der Waals surface area contributed by atoms with Crippen LogP contribution in [0.5, 0.6) is 0 Å². The Morgan fingerprint density at radius 2 is 1.90 bits per heavy atom. The summed E-state index contributed by atoms with van der Waals surface area (Å²) in [4.78, 5) is -0.228. The Hall–Kier alpha value is -2.10. The van der Waals surface area contributed by atoms with Gasteiger partial charge in [-0.2, -0.15) is 5.26 Å². The third-order valence-corrected chi connectivity index (χ3v) is 5.05. The highest BCUT2D eigenvalue weighted by Gasteiger charge is 2.23. The van der Waals surface area contributed by atoms with Gasteiger partial charge < -0.3 is 5.73 Å². The number of sulfone groups is 1. The molecule has 0 saturated heterocycles. The van der Waals surface area contributed by atoms with Gasteiger partial charge in [-0.3, -0.25) is 0 Å². The summed E-state index contributed by atoms with van der Waals surface area (Å²) in [6, 6.07) is 9.98. The lowest BCUT2D eigenvalue weighted by molar-refractivity contribution is 0.586. The predicted octanol–water partition coefficient (Wildman–Crippen LogP) is 2.91. The second-order valence-electron chi connectivity index (χ2n) is 4.31. The van der Waals surface area contributed by atoms with E-state index in [1.54, 1.807) is 6.07 Å². The highest BCUT2D eigenvalue weighted by Crippen LogP contribution is 2.30. The lowest BCUT2D eigenvalue weighted by Crippen LogP contribution is -2.10. The molecule has 0 radical (unpaired) electrons. The monoisotopic (exact) mass is 324 g/mol. The number of rotatable bonds is 3. The molecule has 0 aliphatic rings. The van der Waals surface area contributed by atoms with Gasteiger partial charge in [0.15, 0.2) is 9.84 Å². The summed E-state index contributed by atoms with van der Waals surface area (Å²) < 4.78 is 38.7. The zero-order valence-electron chi connectivity index (χ0n) is 10.7. The third kappa shape index (κ3) is 2.99. The topological polar surface area (TPSA) is 84.0 Å². The second-order valence-corrected chi connectivity index (χ2v) is 6.64. The Bertz CT molecular complexity index is 824. The van der Waals surface area contributed by atoms with E-state index in [9.17, 15) is 12.8 Å². The maximum Gasteiger partial charge on any atom is 0.186 e. The average Bonchev–Trinajstić information content (AvgIpc) is 2.40. The number of nitriles is 1. The molecule has 0 unspecified atom stereocenters. The third-order valence-electron chi connectivity index (χ3n) is 2.85. The first kappa shape index (κ1) is 15.3. The Balaban J connectivity index is 2.51. The summed E-state index contributed by atoms with van der Waals surface area (Å²) in [5.74, 6) is -1.48. The van der Waals surface area contributed by atoms with Crippen LogP contribution in [0.15, 0.2) is 41.3 Å². The Labute approximate surface area is 126 Å². The van der Waals surface area contributed by atoms with Gasteiger partial charge in [0.05, 0.1) is 22.0 Å². The summed E-state index contributed by atoms with van der Waals surface area (Å²) in [6.45, 7) is 0.